The summed E-state index contributed by atoms with van der Waals surface area (Å²) in [7, 11) is 1.21. The third-order valence-corrected chi connectivity index (χ3v) is 6.41. The van der Waals surface area contributed by atoms with Gasteiger partial charge in [0.15, 0.2) is 0 Å². The van der Waals surface area contributed by atoms with E-state index in [1.54, 1.807) is 33.4 Å². The summed E-state index contributed by atoms with van der Waals surface area (Å²) in [6, 6.07) is 0. The number of halogens is 2. The number of fused-ring (bicyclic) bond motifs is 1. The van der Waals surface area contributed by atoms with Gasteiger partial charge in [0, 0.05) is 5.92 Å². The Hall–Kier alpha value is 0.640. The van der Waals surface area contributed by atoms with Crippen LogP contribution in [0.2, 0.25) is 5.54 Å². The average molecular weight is 432 g/mol. The molecule has 3 aliphatic carbocycles. The molecule has 2 atom stereocenters. The summed E-state index contributed by atoms with van der Waals surface area (Å²) in [5.74, 6) is 0.627. The van der Waals surface area contributed by atoms with Crippen molar-refractivity contribution in [3.63, 3.8) is 0 Å². The Kier molecular flexibility index (Phi) is 8.90. The maximum Gasteiger partial charge on any atom is 3.00 e. The van der Waals surface area contributed by atoms with Gasteiger partial charge in [-0.1, -0.05) is 43.8 Å². The Bertz CT molecular complexity index is 570. The maximum absolute atomic E-state index is 3.81. The summed E-state index contributed by atoms with van der Waals surface area (Å²) in [4.78, 5) is 0. The minimum atomic E-state index is 0. The van der Waals surface area contributed by atoms with Gasteiger partial charge in [-0.2, -0.15) is 5.57 Å². The molecule has 3 rings (SSSR count). The zero-order chi connectivity index (χ0) is 13.7. The number of hydrogen-bond donors (Lipinski definition) is 0. The van der Waals surface area contributed by atoms with E-state index in [0.717, 1.165) is 0 Å². The summed E-state index contributed by atoms with van der Waals surface area (Å²) < 4.78 is 0. The van der Waals surface area contributed by atoms with Crippen LogP contribution in [0.3, 0.4) is 0 Å². The fraction of sp³-hybridized carbons (Fsp3) is 0.556. The third kappa shape index (κ3) is 3.51. The fourth-order valence-electron chi connectivity index (χ4n) is 4.15. The van der Waals surface area contributed by atoms with Gasteiger partial charge in [-0.25, -0.2) is 5.57 Å². The quantitative estimate of drug-likeness (QED) is 0.335. The minimum absolute atomic E-state index is 0. The first-order chi connectivity index (χ1) is 9.02. The van der Waals surface area contributed by atoms with Crippen LogP contribution < -0.4 is 24.8 Å². The van der Waals surface area contributed by atoms with Gasteiger partial charge < -0.3 is 24.8 Å². The van der Waals surface area contributed by atoms with Crippen LogP contribution >= 0.6 is 0 Å². The second-order valence-corrected chi connectivity index (χ2v) is 7.67. The van der Waals surface area contributed by atoms with E-state index in [4.69, 9.17) is 0 Å². The summed E-state index contributed by atoms with van der Waals surface area (Å²) in [6.07, 6.45) is 9.14. The van der Waals surface area contributed by atoms with Crippen molar-refractivity contribution in [1.82, 2.24) is 0 Å². The van der Waals surface area contributed by atoms with E-state index in [1.807, 2.05) is 0 Å². The SMILES string of the molecule is CC1=C(C)C(C)C(C2=C3CCCCC3=[C-]C2[SiH3])=C1C.[Cl-].[Cl-].[Zr+3]. The molecular weight excluding hydrogens is 406 g/mol. The molecule has 1 radical (unpaired) electrons. The predicted octanol–water partition coefficient (Wildman–Crippen LogP) is -1.94. The molecule has 2 unspecified atom stereocenters. The molecule has 119 valence electrons. The number of rotatable bonds is 1. The monoisotopic (exact) mass is 429 g/mol. The zero-order valence-corrected chi connectivity index (χ0v) is 20.2. The largest absolute Gasteiger partial charge is 3.00 e. The van der Waals surface area contributed by atoms with E-state index in [0.29, 0.717) is 11.5 Å². The van der Waals surface area contributed by atoms with Gasteiger partial charge in [0.2, 0.25) is 0 Å². The second-order valence-electron chi connectivity index (χ2n) is 6.51. The van der Waals surface area contributed by atoms with Gasteiger partial charge in [-0.05, 0) is 42.2 Å². The summed E-state index contributed by atoms with van der Waals surface area (Å²) in [5.41, 5.74) is 12.0. The van der Waals surface area contributed by atoms with Crippen molar-refractivity contribution in [3.8, 4) is 0 Å². The van der Waals surface area contributed by atoms with Crippen LogP contribution in [0.1, 0.15) is 53.4 Å². The maximum atomic E-state index is 3.81. The standard InChI is InChI=1S/C18H25Si.2ClH.Zr/c1-10-11(2)13(4)17(12(10)3)18-15-8-6-5-7-14(15)9-16(18)19;;;/h12,16H,5-8H2,1-4,19H3;2*1H;/q-1;;;+3/p-2. The Morgan fingerprint density at radius 3 is 2.09 bits per heavy atom. The number of allylic oxidation sites excluding steroid dienone is 8. The molecule has 0 aromatic heterocycles. The van der Waals surface area contributed by atoms with Crippen LogP contribution in [-0.4, -0.2) is 10.2 Å². The topological polar surface area (TPSA) is 0 Å². The minimum Gasteiger partial charge on any atom is -1.00 e. The first-order valence-corrected chi connectivity index (χ1v) is 8.92. The summed E-state index contributed by atoms with van der Waals surface area (Å²) in [5, 5.41) is 0. The van der Waals surface area contributed by atoms with E-state index in [1.165, 1.54) is 41.5 Å². The first-order valence-electron chi connectivity index (χ1n) is 7.77. The molecule has 0 N–H and O–H groups in total. The van der Waals surface area contributed by atoms with Crippen LogP contribution in [0, 0.1) is 12.0 Å². The zero-order valence-electron chi connectivity index (χ0n) is 14.2. The van der Waals surface area contributed by atoms with Crippen molar-refractivity contribution in [2.75, 3.05) is 0 Å². The smallest absolute Gasteiger partial charge is 1.00 e. The van der Waals surface area contributed by atoms with Gasteiger partial charge >= 0.3 is 26.2 Å². The molecule has 0 aromatic carbocycles. The Balaban J connectivity index is 0.00000147. The van der Waals surface area contributed by atoms with Crippen LogP contribution in [0.5, 0.6) is 0 Å². The normalized spacial score (nSPS) is 27.2. The van der Waals surface area contributed by atoms with E-state index >= 15 is 0 Å². The van der Waals surface area contributed by atoms with Crippen LogP contribution in [0.15, 0.2) is 39.0 Å². The van der Waals surface area contributed by atoms with Crippen molar-refractivity contribution in [2.45, 2.75) is 58.9 Å². The van der Waals surface area contributed by atoms with Crippen molar-refractivity contribution in [2.24, 2.45) is 5.92 Å². The van der Waals surface area contributed by atoms with E-state index in [-0.39, 0.29) is 51.0 Å². The molecule has 0 aliphatic heterocycles. The molecule has 0 spiro atoms. The molecular formula is C18H25Cl2SiZr. The van der Waals surface area contributed by atoms with Crippen molar-refractivity contribution in [3.05, 3.63) is 45.1 Å². The molecule has 0 aromatic rings. The Morgan fingerprint density at radius 1 is 0.955 bits per heavy atom. The van der Waals surface area contributed by atoms with Gasteiger partial charge in [0.1, 0.15) is 0 Å². The molecule has 1 fully saturated rings. The van der Waals surface area contributed by atoms with Crippen molar-refractivity contribution >= 4 is 10.2 Å². The fourth-order valence-corrected chi connectivity index (χ4v) is 5.16. The first kappa shape index (κ1) is 22.6. The molecule has 0 amide bonds. The number of hydrogen-bond acceptors (Lipinski definition) is 0. The molecule has 0 nitrogen and oxygen atoms in total. The van der Waals surface area contributed by atoms with Gasteiger partial charge in [-0.15, -0.1) is 11.1 Å². The third-order valence-electron chi connectivity index (χ3n) is 5.55. The van der Waals surface area contributed by atoms with Gasteiger partial charge in [0.25, 0.3) is 0 Å². The summed E-state index contributed by atoms with van der Waals surface area (Å²) in [6.45, 7) is 9.35. The van der Waals surface area contributed by atoms with E-state index in [9.17, 15) is 0 Å². The second kappa shape index (κ2) is 8.65. The van der Waals surface area contributed by atoms with Gasteiger partial charge in [-0.3, -0.25) is 6.08 Å². The van der Waals surface area contributed by atoms with Crippen LogP contribution in [-0.2, 0) is 26.2 Å². The molecule has 0 saturated heterocycles. The Morgan fingerprint density at radius 2 is 1.55 bits per heavy atom. The van der Waals surface area contributed by atoms with Crippen molar-refractivity contribution < 1.29 is 51.0 Å². The van der Waals surface area contributed by atoms with E-state index < -0.39 is 0 Å². The van der Waals surface area contributed by atoms with Gasteiger partial charge in [0.05, 0.1) is 0 Å². The van der Waals surface area contributed by atoms with Crippen molar-refractivity contribution in [1.29, 1.82) is 0 Å². The predicted molar refractivity (Wildman–Crippen MR) is 86.2 cm³/mol. The average Bonchev–Trinajstić information content (AvgIpc) is 2.81. The molecule has 0 heterocycles. The summed E-state index contributed by atoms with van der Waals surface area (Å²) >= 11 is 0. The molecule has 0 bridgehead atoms. The van der Waals surface area contributed by atoms with Crippen LogP contribution in [0.4, 0.5) is 0 Å². The Labute approximate surface area is 170 Å². The molecule has 1 saturated carbocycles. The molecule has 4 heteroatoms. The van der Waals surface area contributed by atoms with E-state index in [2.05, 4.69) is 33.8 Å². The molecule has 22 heavy (non-hydrogen) atoms. The molecule has 3 aliphatic rings. The van der Waals surface area contributed by atoms with Crippen LogP contribution in [0.25, 0.3) is 0 Å².